The predicted octanol–water partition coefficient (Wildman–Crippen LogP) is 1.96. The molecule has 0 radical (unpaired) electrons. The summed E-state index contributed by atoms with van der Waals surface area (Å²) in [5.41, 5.74) is 0.959. The van der Waals surface area contributed by atoms with Crippen molar-refractivity contribution in [3.05, 3.63) is 28.2 Å². The molecule has 2 saturated heterocycles. The molecule has 1 aromatic rings. The minimum atomic E-state index is 0.158. The molecule has 3 rings (SSSR count). The molecule has 0 aliphatic carbocycles. The van der Waals surface area contributed by atoms with E-state index in [1.807, 2.05) is 12.1 Å². The third kappa shape index (κ3) is 4.27. The number of carbonyl (C=O) groups excluding carboxylic acids is 1. The molecule has 5 heteroatoms. The minimum Gasteiger partial charge on any atom is -0.507 e. The Kier molecular flexibility index (Phi) is 5.59. The van der Waals surface area contributed by atoms with Crippen LogP contribution < -0.4 is 4.90 Å². The van der Waals surface area contributed by atoms with E-state index in [1.54, 1.807) is 6.07 Å². The summed E-state index contributed by atoms with van der Waals surface area (Å²) in [4.78, 5) is 16.2. The number of nitrogens with one attached hydrogen (secondary N) is 1. The first kappa shape index (κ1) is 16.8. The van der Waals surface area contributed by atoms with Gasteiger partial charge in [-0.3, -0.25) is 4.79 Å². The molecule has 2 fully saturated rings. The number of benzene rings is 1. The van der Waals surface area contributed by atoms with Gasteiger partial charge in [0.05, 0.1) is 19.0 Å². The van der Waals surface area contributed by atoms with Gasteiger partial charge in [0.25, 0.3) is 0 Å². The first-order valence-electron chi connectivity index (χ1n) is 8.73. The fraction of sp³-hybridized carbons (Fsp3) is 0.611. The van der Waals surface area contributed by atoms with Gasteiger partial charge in [0.15, 0.2) is 0 Å². The zero-order valence-corrected chi connectivity index (χ0v) is 15.1. The van der Waals surface area contributed by atoms with Crippen molar-refractivity contribution in [2.75, 3.05) is 26.2 Å². The SMILES string of the molecule is O=C([C@@H]1CCC[NH+](Cc2cc(Br)ccc2O)C1)N1CCCCC1. The number of phenolic OH excluding ortho intramolecular Hbond substituents is 1. The van der Waals surface area contributed by atoms with Crippen LogP contribution in [0.2, 0.25) is 0 Å². The molecular formula is C18H26BrN2O2+. The van der Waals surface area contributed by atoms with Crippen LogP contribution in [0, 0.1) is 5.92 Å². The number of quaternary nitrogens is 1. The number of carbonyl (C=O) groups is 1. The average Bonchev–Trinajstić information content (AvgIpc) is 2.58. The summed E-state index contributed by atoms with van der Waals surface area (Å²) in [5, 5.41) is 10.0. The summed E-state index contributed by atoms with van der Waals surface area (Å²) in [7, 11) is 0. The zero-order chi connectivity index (χ0) is 16.2. The normalized spacial score (nSPS) is 25.3. The Labute approximate surface area is 146 Å². The maximum absolute atomic E-state index is 12.7. The van der Waals surface area contributed by atoms with Crippen molar-refractivity contribution in [3.8, 4) is 5.75 Å². The standard InChI is InChI=1S/C18H25BrN2O2/c19-16-6-7-17(22)15(11-16)13-20-8-4-5-14(12-20)18(23)21-9-2-1-3-10-21/h6-7,11,14,22H,1-5,8-10,12-13H2/p+1/t14-/m1/s1. The van der Waals surface area contributed by atoms with Crippen molar-refractivity contribution >= 4 is 21.8 Å². The monoisotopic (exact) mass is 381 g/mol. The Morgan fingerprint density at radius 2 is 2.04 bits per heavy atom. The molecule has 2 atom stereocenters. The van der Waals surface area contributed by atoms with Crippen molar-refractivity contribution in [1.82, 2.24) is 4.90 Å². The van der Waals surface area contributed by atoms with E-state index in [1.165, 1.54) is 11.3 Å². The van der Waals surface area contributed by atoms with E-state index >= 15 is 0 Å². The van der Waals surface area contributed by atoms with E-state index in [0.717, 1.165) is 68.4 Å². The third-order valence-corrected chi connectivity index (χ3v) is 5.61. The van der Waals surface area contributed by atoms with Crippen LogP contribution in [-0.2, 0) is 11.3 Å². The molecule has 23 heavy (non-hydrogen) atoms. The molecule has 2 aliphatic rings. The number of hydrogen-bond acceptors (Lipinski definition) is 2. The smallest absolute Gasteiger partial charge is 0.231 e. The van der Waals surface area contributed by atoms with Gasteiger partial charge in [-0.15, -0.1) is 0 Å². The number of rotatable bonds is 3. The maximum Gasteiger partial charge on any atom is 0.231 e. The maximum atomic E-state index is 12.7. The van der Waals surface area contributed by atoms with Gasteiger partial charge in [0.2, 0.25) is 5.91 Å². The number of nitrogens with zero attached hydrogens (tertiary/aromatic N) is 1. The first-order valence-corrected chi connectivity index (χ1v) is 9.52. The van der Waals surface area contributed by atoms with Crippen LogP contribution in [0.25, 0.3) is 0 Å². The van der Waals surface area contributed by atoms with E-state index in [-0.39, 0.29) is 5.92 Å². The van der Waals surface area contributed by atoms with Gasteiger partial charge in [-0.2, -0.15) is 0 Å². The van der Waals surface area contributed by atoms with Gasteiger partial charge < -0.3 is 14.9 Å². The molecule has 0 spiro atoms. The highest BCUT2D eigenvalue weighted by atomic mass is 79.9. The van der Waals surface area contributed by atoms with Crippen molar-refractivity contribution in [2.45, 2.75) is 38.6 Å². The second kappa shape index (κ2) is 7.67. The Hall–Kier alpha value is -1.07. The van der Waals surface area contributed by atoms with E-state index < -0.39 is 0 Å². The Morgan fingerprint density at radius 3 is 2.83 bits per heavy atom. The van der Waals surface area contributed by atoms with E-state index in [9.17, 15) is 9.90 Å². The van der Waals surface area contributed by atoms with E-state index in [4.69, 9.17) is 0 Å². The fourth-order valence-corrected chi connectivity index (χ4v) is 4.27. The summed E-state index contributed by atoms with van der Waals surface area (Å²) >= 11 is 3.47. The summed E-state index contributed by atoms with van der Waals surface area (Å²) < 4.78 is 0.989. The van der Waals surface area contributed by atoms with E-state index in [2.05, 4.69) is 20.8 Å². The molecule has 126 valence electrons. The predicted molar refractivity (Wildman–Crippen MR) is 93.4 cm³/mol. The lowest BCUT2D eigenvalue weighted by atomic mass is 9.95. The largest absolute Gasteiger partial charge is 0.507 e. The minimum absolute atomic E-state index is 0.158. The number of piperidine rings is 2. The molecule has 4 nitrogen and oxygen atoms in total. The van der Waals surface area contributed by atoms with Crippen LogP contribution in [0.4, 0.5) is 0 Å². The molecule has 0 saturated carbocycles. The third-order valence-electron chi connectivity index (χ3n) is 5.12. The summed E-state index contributed by atoms with van der Waals surface area (Å²) in [6, 6.07) is 5.57. The highest BCUT2D eigenvalue weighted by Gasteiger charge is 2.32. The van der Waals surface area contributed by atoms with Gasteiger partial charge in [-0.05, 0) is 50.3 Å². The Bertz CT molecular complexity index is 558. The quantitative estimate of drug-likeness (QED) is 0.840. The van der Waals surface area contributed by atoms with Crippen molar-refractivity contribution in [2.24, 2.45) is 5.92 Å². The van der Waals surface area contributed by atoms with Crippen LogP contribution in [0.1, 0.15) is 37.7 Å². The van der Waals surface area contributed by atoms with Crippen LogP contribution in [0.3, 0.4) is 0 Å². The second-order valence-corrected chi connectivity index (χ2v) is 7.79. The molecular weight excluding hydrogens is 356 g/mol. The highest BCUT2D eigenvalue weighted by Crippen LogP contribution is 2.22. The molecule has 0 aromatic heterocycles. The van der Waals surface area contributed by atoms with Gasteiger partial charge in [-0.1, -0.05) is 15.9 Å². The van der Waals surface area contributed by atoms with Gasteiger partial charge in [-0.25, -0.2) is 0 Å². The number of likely N-dealkylation sites (tertiary alicyclic amines) is 2. The van der Waals surface area contributed by atoms with Crippen LogP contribution in [0.5, 0.6) is 5.75 Å². The van der Waals surface area contributed by atoms with E-state index in [0.29, 0.717) is 11.7 Å². The average molecular weight is 382 g/mol. The van der Waals surface area contributed by atoms with Crippen LogP contribution >= 0.6 is 15.9 Å². The lowest BCUT2D eigenvalue weighted by Crippen LogP contribution is -3.12. The number of aromatic hydroxyl groups is 1. The molecule has 2 N–H and O–H groups in total. The molecule has 1 amide bonds. The molecule has 2 aliphatic heterocycles. The molecule has 0 bridgehead atoms. The highest BCUT2D eigenvalue weighted by molar-refractivity contribution is 9.10. The van der Waals surface area contributed by atoms with Crippen LogP contribution in [-0.4, -0.2) is 42.1 Å². The summed E-state index contributed by atoms with van der Waals surface area (Å²) in [6.45, 7) is 4.64. The van der Waals surface area contributed by atoms with Crippen molar-refractivity contribution in [3.63, 3.8) is 0 Å². The molecule has 1 unspecified atom stereocenters. The van der Waals surface area contributed by atoms with Gasteiger partial charge >= 0.3 is 0 Å². The zero-order valence-electron chi connectivity index (χ0n) is 13.6. The molecule has 2 heterocycles. The summed E-state index contributed by atoms with van der Waals surface area (Å²) in [6.07, 6.45) is 5.67. The number of amides is 1. The lowest BCUT2D eigenvalue weighted by molar-refractivity contribution is -0.921. The van der Waals surface area contributed by atoms with Gasteiger partial charge in [0, 0.05) is 23.1 Å². The number of phenols is 1. The van der Waals surface area contributed by atoms with Gasteiger partial charge in [0.1, 0.15) is 12.3 Å². The number of halogens is 1. The fourth-order valence-electron chi connectivity index (χ4n) is 3.86. The Balaban J connectivity index is 1.61. The lowest BCUT2D eigenvalue weighted by Gasteiger charge is -2.34. The number of hydrogen-bond donors (Lipinski definition) is 2. The molecule has 1 aromatic carbocycles. The second-order valence-electron chi connectivity index (χ2n) is 6.88. The topological polar surface area (TPSA) is 45.0 Å². The van der Waals surface area contributed by atoms with Crippen molar-refractivity contribution < 1.29 is 14.8 Å². The van der Waals surface area contributed by atoms with Crippen LogP contribution in [0.15, 0.2) is 22.7 Å². The first-order chi connectivity index (χ1) is 11.1. The summed E-state index contributed by atoms with van der Waals surface area (Å²) in [5.74, 6) is 0.872. The Morgan fingerprint density at radius 1 is 1.26 bits per heavy atom. The van der Waals surface area contributed by atoms with Crippen molar-refractivity contribution in [1.29, 1.82) is 0 Å².